The largest absolute Gasteiger partial charge is 0.506 e. The van der Waals surface area contributed by atoms with Crippen LogP contribution in [-0.2, 0) is 14.8 Å². The summed E-state index contributed by atoms with van der Waals surface area (Å²) in [4.78, 5) is 12.5. The highest BCUT2D eigenvalue weighted by Gasteiger charge is 2.26. The summed E-state index contributed by atoms with van der Waals surface area (Å²) in [6.45, 7) is 3.11. The number of amides is 1. The molecule has 1 aliphatic heterocycles. The number of anilines is 1. The van der Waals surface area contributed by atoms with Crippen molar-refractivity contribution in [2.75, 3.05) is 31.6 Å². The fourth-order valence-corrected chi connectivity index (χ4v) is 4.13. The number of aromatic hydroxyl groups is 1. The van der Waals surface area contributed by atoms with E-state index in [-0.39, 0.29) is 35.0 Å². The van der Waals surface area contributed by atoms with E-state index < -0.39 is 15.9 Å². The van der Waals surface area contributed by atoms with Crippen LogP contribution in [0.25, 0.3) is 0 Å². The Kier molecular flexibility index (Phi) is 5.26. The number of hydrogen-bond acceptors (Lipinski definition) is 5. The standard InChI is InChI=1S/C18H20N2O5S/c1-13-5-6-16(17(21)11-13)19-18(22)14-3-2-4-15(12-14)26(23,24)20-7-9-25-10-8-20/h2-6,11-12,21H,7-10H2,1H3,(H,19,22). The second kappa shape index (κ2) is 7.45. The highest BCUT2D eigenvalue weighted by atomic mass is 32.2. The normalized spacial score (nSPS) is 15.6. The van der Waals surface area contributed by atoms with Gasteiger partial charge in [0.15, 0.2) is 0 Å². The quantitative estimate of drug-likeness (QED) is 0.796. The van der Waals surface area contributed by atoms with E-state index in [1.54, 1.807) is 12.1 Å². The van der Waals surface area contributed by atoms with Crippen LogP contribution in [-0.4, -0.2) is 50.0 Å². The zero-order valence-corrected chi connectivity index (χ0v) is 15.1. The molecule has 0 saturated carbocycles. The fraction of sp³-hybridized carbons (Fsp3) is 0.278. The van der Waals surface area contributed by atoms with E-state index in [2.05, 4.69) is 5.32 Å². The molecule has 7 nitrogen and oxygen atoms in total. The molecule has 2 aromatic rings. The van der Waals surface area contributed by atoms with Gasteiger partial charge in [0, 0.05) is 18.7 Å². The molecule has 1 saturated heterocycles. The number of hydrogen-bond donors (Lipinski definition) is 2. The van der Waals surface area contributed by atoms with Gasteiger partial charge >= 0.3 is 0 Å². The highest BCUT2D eigenvalue weighted by Crippen LogP contribution is 2.25. The van der Waals surface area contributed by atoms with Crippen molar-refractivity contribution < 1.29 is 23.1 Å². The SMILES string of the molecule is Cc1ccc(NC(=O)c2cccc(S(=O)(=O)N3CCOCC3)c2)c(O)c1. The van der Waals surface area contributed by atoms with E-state index in [4.69, 9.17) is 4.74 Å². The zero-order valence-electron chi connectivity index (χ0n) is 14.3. The predicted octanol–water partition coefficient (Wildman–Crippen LogP) is 1.97. The van der Waals surface area contributed by atoms with E-state index in [0.717, 1.165) is 5.56 Å². The summed E-state index contributed by atoms with van der Waals surface area (Å²) in [6, 6.07) is 10.7. The average molecular weight is 376 g/mol. The van der Waals surface area contributed by atoms with Crippen LogP contribution in [0.5, 0.6) is 5.75 Å². The van der Waals surface area contributed by atoms with Gasteiger partial charge in [-0.05, 0) is 42.8 Å². The number of phenols is 1. The van der Waals surface area contributed by atoms with Crippen LogP contribution in [0.15, 0.2) is 47.4 Å². The minimum Gasteiger partial charge on any atom is -0.506 e. The van der Waals surface area contributed by atoms with Gasteiger partial charge in [0.2, 0.25) is 10.0 Å². The van der Waals surface area contributed by atoms with Crippen LogP contribution in [0.2, 0.25) is 0 Å². The Hall–Kier alpha value is -2.42. The number of sulfonamides is 1. The number of benzene rings is 2. The summed E-state index contributed by atoms with van der Waals surface area (Å²) in [6.07, 6.45) is 0. The molecule has 1 amide bonds. The third-order valence-electron chi connectivity index (χ3n) is 4.11. The molecule has 1 fully saturated rings. The molecule has 0 spiro atoms. The van der Waals surface area contributed by atoms with E-state index in [1.165, 1.54) is 34.6 Å². The van der Waals surface area contributed by atoms with Crippen LogP contribution in [0.1, 0.15) is 15.9 Å². The molecular weight excluding hydrogens is 356 g/mol. The molecule has 0 radical (unpaired) electrons. The zero-order chi connectivity index (χ0) is 18.7. The van der Waals surface area contributed by atoms with Gasteiger partial charge in [-0.25, -0.2) is 8.42 Å². The third-order valence-corrected chi connectivity index (χ3v) is 6.00. The number of ether oxygens (including phenoxy) is 1. The van der Waals surface area contributed by atoms with Gasteiger partial charge in [0.25, 0.3) is 5.91 Å². The number of aryl methyl sites for hydroxylation is 1. The maximum absolute atomic E-state index is 12.7. The lowest BCUT2D eigenvalue weighted by Crippen LogP contribution is -2.40. The first kappa shape index (κ1) is 18.4. The maximum Gasteiger partial charge on any atom is 0.255 e. The Morgan fingerprint density at radius 3 is 2.58 bits per heavy atom. The van der Waals surface area contributed by atoms with Crippen molar-refractivity contribution in [2.45, 2.75) is 11.8 Å². The van der Waals surface area contributed by atoms with Crippen molar-refractivity contribution in [3.63, 3.8) is 0 Å². The second-order valence-electron chi connectivity index (χ2n) is 6.02. The summed E-state index contributed by atoms with van der Waals surface area (Å²) in [5.74, 6) is -0.543. The van der Waals surface area contributed by atoms with Crippen molar-refractivity contribution in [2.24, 2.45) is 0 Å². The van der Waals surface area contributed by atoms with E-state index in [0.29, 0.717) is 13.2 Å². The van der Waals surface area contributed by atoms with E-state index >= 15 is 0 Å². The number of rotatable bonds is 4. The van der Waals surface area contributed by atoms with Gasteiger partial charge in [0.1, 0.15) is 5.75 Å². The molecule has 3 rings (SSSR count). The molecule has 1 aliphatic rings. The first-order valence-electron chi connectivity index (χ1n) is 8.17. The topological polar surface area (TPSA) is 95.9 Å². The molecule has 0 unspecified atom stereocenters. The van der Waals surface area contributed by atoms with Gasteiger partial charge in [-0.15, -0.1) is 0 Å². The Bertz CT molecular complexity index is 921. The van der Waals surface area contributed by atoms with Crippen molar-refractivity contribution in [3.8, 4) is 5.75 Å². The Labute approximate surface area is 152 Å². The number of morpholine rings is 1. The van der Waals surface area contributed by atoms with Crippen molar-refractivity contribution in [3.05, 3.63) is 53.6 Å². The Morgan fingerprint density at radius 2 is 1.88 bits per heavy atom. The van der Waals surface area contributed by atoms with Gasteiger partial charge in [-0.1, -0.05) is 12.1 Å². The minimum absolute atomic E-state index is 0.0459. The van der Waals surface area contributed by atoms with Crippen LogP contribution in [0, 0.1) is 6.92 Å². The van der Waals surface area contributed by atoms with Crippen LogP contribution >= 0.6 is 0 Å². The summed E-state index contributed by atoms with van der Waals surface area (Å²) >= 11 is 0. The lowest BCUT2D eigenvalue weighted by molar-refractivity contribution is 0.0730. The Morgan fingerprint density at radius 1 is 1.15 bits per heavy atom. The monoisotopic (exact) mass is 376 g/mol. The van der Waals surface area contributed by atoms with Gasteiger partial charge in [-0.3, -0.25) is 4.79 Å². The predicted molar refractivity (Wildman–Crippen MR) is 96.8 cm³/mol. The molecule has 2 aromatic carbocycles. The summed E-state index contributed by atoms with van der Waals surface area (Å²) < 4.78 is 32.0. The van der Waals surface area contributed by atoms with Crippen LogP contribution < -0.4 is 5.32 Å². The smallest absolute Gasteiger partial charge is 0.255 e. The second-order valence-corrected chi connectivity index (χ2v) is 7.96. The molecule has 0 atom stereocenters. The summed E-state index contributed by atoms with van der Waals surface area (Å²) in [5.41, 5.74) is 1.32. The highest BCUT2D eigenvalue weighted by molar-refractivity contribution is 7.89. The number of carbonyl (C=O) groups is 1. The Balaban J connectivity index is 1.83. The van der Waals surface area contributed by atoms with Crippen molar-refractivity contribution >= 4 is 21.6 Å². The number of nitrogens with one attached hydrogen (secondary N) is 1. The lowest BCUT2D eigenvalue weighted by atomic mass is 10.2. The molecule has 26 heavy (non-hydrogen) atoms. The number of phenolic OH excluding ortho intramolecular Hbond substituents is 1. The van der Waals surface area contributed by atoms with E-state index in [1.807, 2.05) is 6.92 Å². The fourth-order valence-electron chi connectivity index (χ4n) is 2.68. The maximum atomic E-state index is 12.7. The van der Waals surface area contributed by atoms with Gasteiger partial charge in [-0.2, -0.15) is 4.31 Å². The van der Waals surface area contributed by atoms with Gasteiger partial charge in [0.05, 0.1) is 23.8 Å². The molecule has 0 aromatic heterocycles. The first-order chi connectivity index (χ1) is 12.4. The number of nitrogens with zero attached hydrogens (tertiary/aromatic N) is 1. The summed E-state index contributed by atoms with van der Waals surface area (Å²) in [7, 11) is -3.68. The third kappa shape index (κ3) is 3.87. The van der Waals surface area contributed by atoms with Gasteiger partial charge < -0.3 is 15.2 Å². The average Bonchev–Trinajstić information content (AvgIpc) is 2.65. The molecule has 138 valence electrons. The lowest BCUT2D eigenvalue weighted by Gasteiger charge is -2.26. The minimum atomic E-state index is -3.68. The molecule has 0 aliphatic carbocycles. The first-order valence-corrected chi connectivity index (χ1v) is 9.61. The molecule has 2 N–H and O–H groups in total. The van der Waals surface area contributed by atoms with Crippen molar-refractivity contribution in [1.29, 1.82) is 0 Å². The van der Waals surface area contributed by atoms with E-state index in [9.17, 15) is 18.3 Å². The van der Waals surface area contributed by atoms with Crippen LogP contribution in [0.3, 0.4) is 0 Å². The number of carbonyl (C=O) groups excluding carboxylic acids is 1. The molecular formula is C18H20N2O5S. The molecule has 1 heterocycles. The van der Waals surface area contributed by atoms with Crippen molar-refractivity contribution in [1.82, 2.24) is 4.31 Å². The van der Waals surface area contributed by atoms with Crippen LogP contribution in [0.4, 0.5) is 5.69 Å². The molecule has 8 heteroatoms. The molecule has 0 bridgehead atoms. The summed E-state index contributed by atoms with van der Waals surface area (Å²) in [5, 5.41) is 12.5.